The predicted molar refractivity (Wildman–Crippen MR) is 45.2 cm³/mol. The van der Waals surface area contributed by atoms with Crippen LogP contribution in [0.4, 0.5) is 0 Å². The van der Waals surface area contributed by atoms with Crippen LogP contribution in [-0.4, -0.2) is 10.8 Å². The predicted octanol–water partition coefficient (Wildman–Crippen LogP) is 2.14. The van der Waals surface area contributed by atoms with E-state index in [1.807, 2.05) is 0 Å². The smallest absolute Gasteiger partial charge is 0.203 e. The molecule has 0 bridgehead atoms. The van der Waals surface area contributed by atoms with Gasteiger partial charge in [0.05, 0.1) is 12.1 Å². The van der Waals surface area contributed by atoms with Gasteiger partial charge in [0.1, 0.15) is 0 Å². The van der Waals surface area contributed by atoms with Gasteiger partial charge in [0, 0.05) is 5.41 Å². The van der Waals surface area contributed by atoms with E-state index in [0.717, 1.165) is 12.1 Å². The van der Waals surface area contributed by atoms with Crippen molar-refractivity contribution < 1.29 is 4.84 Å². The fourth-order valence-corrected chi connectivity index (χ4v) is 0.883. The lowest BCUT2D eigenvalue weighted by Gasteiger charge is -2.15. The van der Waals surface area contributed by atoms with E-state index in [-0.39, 0.29) is 5.41 Å². The van der Waals surface area contributed by atoms with Gasteiger partial charge in [-0.2, -0.15) is 0 Å². The van der Waals surface area contributed by atoms with Crippen molar-refractivity contribution in [3.63, 3.8) is 0 Å². The van der Waals surface area contributed by atoms with E-state index in [9.17, 15) is 0 Å². The molecule has 3 heteroatoms. The molecule has 0 amide bonds. The molecule has 0 aromatic carbocycles. The fourth-order valence-electron chi connectivity index (χ4n) is 0.709. The molecule has 56 valence electrons. The number of rotatable bonds is 0. The van der Waals surface area contributed by atoms with Crippen LogP contribution in [0.15, 0.2) is 5.16 Å². The van der Waals surface area contributed by atoms with Crippen molar-refractivity contribution in [1.29, 1.82) is 0 Å². The maximum Gasteiger partial charge on any atom is 0.203 e. The van der Waals surface area contributed by atoms with Gasteiger partial charge in [-0.25, -0.2) is 0 Å². The van der Waals surface area contributed by atoms with Gasteiger partial charge in [-0.15, -0.1) is 0 Å². The van der Waals surface area contributed by atoms with Crippen molar-refractivity contribution >= 4 is 23.0 Å². The van der Waals surface area contributed by atoms with Crippen LogP contribution < -0.4 is 0 Å². The minimum absolute atomic E-state index is 0.0978. The van der Waals surface area contributed by atoms with Crippen LogP contribution in [0.5, 0.6) is 0 Å². The van der Waals surface area contributed by atoms with Crippen molar-refractivity contribution in [3.8, 4) is 0 Å². The summed E-state index contributed by atoms with van der Waals surface area (Å²) in [7, 11) is 0. The number of hydrogen-bond acceptors (Lipinski definition) is 3. The van der Waals surface area contributed by atoms with Gasteiger partial charge in [0.2, 0.25) is 5.05 Å². The molecule has 1 aliphatic rings. The summed E-state index contributed by atoms with van der Waals surface area (Å²) in [5, 5.41) is 4.45. The second kappa shape index (κ2) is 2.31. The maximum atomic E-state index is 4.83. The summed E-state index contributed by atoms with van der Waals surface area (Å²) < 4.78 is 0. The van der Waals surface area contributed by atoms with Crippen molar-refractivity contribution in [2.24, 2.45) is 10.6 Å². The number of nitrogens with zero attached hydrogens (tertiary/aromatic N) is 1. The van der Waals surface area contributed by atoms with E-state index in [1.165, 1.54) is 0 Å². The third-order valence-corrected chi connectivity index (χ3v) is 1.65. The fraction of sp³-hybridized carbons (Fsp3) is 0.714. The van der Waals surface area contributed by atoms with Crippen LogP contribution in [0, 0.1) is 5.41 Å². The quantitative estimate of drug-likeness (QED) is 0.502. The Morgan fingerprint density at radius 1 is 1.50 bits per heavy atom. The summed E-state index contributed by atoms with van der Waals surface area (Å²) in [6.07, 6.45) is 0.721. The molecule has 0 saturated heterocycles. The Labute approximate surface area is 66.2 Å². The molecule has 0 aromatic rings. The Kier molecular flexibility index (Phi) is 1.77. The Morgan fingerprint density at radius 2 is 2.10 bits per heavy atom. The summed E-state index contributed by atoms with van der Waals surface area (Å²) in [4.78, 5) is 4.81. The summed E-state index contributed by atoms with van der Waals surface area (Å²) in [6.45, 7) is 6.30. The molecule has 0 unspecified atom stereocenters. The molecule has 1 aliphatic heterocycles. The van der Waals surface area contributed by atoms with Gasteiger partial charge in [-0.3, -0.25) is 0 Å². The molecule has 0 radical (unpaired) electrons. The third kappa shape index (κ3) is 1.53. The maximum absolute atomic E-state index is 4.83. The van der Waals surface area contributed by atoms with Gasteiger partial charge in [0.15, 0.2) is 0 Å². The molecule has 0 saturated carbocycles. The lowest BCUT2D eigenvalue weighted by atomic mass is 9.89. The molecular weight excluding hydrogens is 146 g/mol. The first-order chi connectivity index (χ1) is 4.50. The third-order valence-electron chi connectivity index (χ3n) is 1.44. The highest BCUT2D eigenvalue weighted by Gasteiger charge is 2.25. The van der Waals surface area contributed by atoms with Crippen molar-refractivity contribution in [2.75, 3.05) is 0 Å². The molecule has 1 heterocycles. The van der Waals surface area contributed by atoms with Crippen LogP contribution in [0.3, 0.4) is 0 Å². The molecular formula is C7H11NOS. The molecule has 0 N–H and O–H groups in total. The zero-order valence-electron chi connectivity index (χ0n) is 6.47. The number of oxime groups is 1. The topological polar surface area (TPSA) is 21.6 Å². The minimum Gasteiger partial charge on any atom is -0.349 e. The lowest BCUT2D eigenvalue weighted by molar-refractivity contribution is 0.343. The van der Waals surface area contributed by atoms with E-state index < -0.39 is 0 Å². The van der Waals surface area contributed by atoms with Gasteiger partial charge in [-0.1, -0.05) is 25.9 Å². The molecule has 0 aromatic heterocycles. The molecule has 2 nitrogen and oxygen atoms in total. The zero-order valence-corrected chi connectivity index (χ0v) is 7.29. The molecule has 0 fully saturated rings. The van der Waals surface area contributed by atoms with Crippen LogP contribution in [-0.2, 0) is 4.84 Å². The highest BCUT2D eigenvalue weighted by atomic mass is 32.1. The van der Waals surface area contributed by atoms with E-state index in [1.54, 1.807) is 0 Å². The van der Waals surface area contributed by atoms with Crippen LogP contribution in [0.1, 0.15) is 27.2 Å². The van der Waals surface area contributed by atoms with Gasteiger partial charge >= 0.3 is 0 Å². The van der Waals surface area contributed by atoms with Crippen LogP contribution in [0.2, 0.25) is 0 Å². The van der Waals surface area contributed by atoms with Crippen LogP contribution >= 0.6 is 12.2 Å². The monoisotopic (exact) mass is 157 g/mol. The first-order valence-corrected chi connectivity index (χ1v) is 3.68. The molecule has 1 rings (SSSR count). The second-order valence-corrected chi connectivity index (χ2v) is 3.88. The SMILES string of the molecule is CC(C)(C)C1=NOC(=S)C1. The largest absolute Gasteiger partial charge is 0.349 e. The van der Waals surface area contributed by atoms with E-state index in [0.29, 0.717) is 5.05 Å². The minimum atomic E-state index is 0.0978. The standard InChI is InChI=1S/C7H11NOS/c1-7(2,3)5-4-6(10)9-8-5/h4H2,1-3H3. The summed E-state index contributed by atoms with van der Waals surface area (Å²) in [6, 6.07) is 0. The van der Waals surface area contributed by atoms with Crippen molar-refractivity contribution in [2.45, 2.75) is 27.2 Å². The van der Waals surface area contributed by atoms with Crippen LogP contribution in [0.25, 0.3) is 0 Å². The second-order valence-electron chi connectivity index (χ2n) is 3.43. The van der Waals surface area contributed by atoms with Crippen molar-refractivity contribution in [1.82, 2.24) is 0 Å². The molecule has 10 heavy (non-hydrogen) atoms. The molecule has 0 atom stereocenters. The van der Waals surface area contributed by atoms with E-state index >= 15 is 0 Å². The first kappa shape index (κ1) is 7.66. The Hall–Kier alpha value is -0.440. The Morgan fingerprint density at radius 3 is 2.30 bits per heavy atom. The highest BCUT2D eigenvalue weighted by molar-refractivity contribution is 7.80. The lowest BCUT2D eigenvalue weighted by Crippen LogP contribution is -2.18. The number of thiocarbonyl (C=S) groups is 1. The van der Waals surface area contributed by atoms with E-state index in [4.69, 9.17) is 17.1 Å². The normalized spacial score (nSPS) is 18.7. The summed E-state index contributed by atoms with van der Waals surface area (Å²) >= 11 is 4.83. The molecule has 0 aliphatic carbocycles. The molecule has 0 spiro atoms. The Balaban J connectivity index is 2.69. The van der Waals surface area contributed by atoms with Gasteiger partial charge in [-0.05, 0) is 12.2 Å². The number of hydrogen-bond donors (Lipinski definition) is 0. The average molecular weight is 157 g/mol. The zero-order chi connectivity index (χ0) is 7.78. The van der Waals surface area contributed by atoms with Crippen molar-refractivity contribution in [3.05, 3.63) is 0 Å². The first-order valence-electron chi connectivity index (χ1n) is 3.27. The highest BCUT2D eigenvalue weighted by Crippen LogP contribution is 2.22. The Bertz CT molecular complexity index is 190. The van der Waals surface area contributed by atoms with Gasteiger partial charge < -0.3 is 4.84 Å². The van der Waals surface area contributed by atoms with E-state index in [2.05, 4.69) is 25.9 Å². The average Bonchev–Trinajstić information content (AvgIpc) is 2.11. The van der Waals surface area contributed by atoms with Gasteiger partial charge in [0.25, 0.3) is 0 Å². The summed E-state index contributed by atoms with van der Waals surface area (Å²) in [5.74, 6) is 0. The summed E-state index contributed by atoms with van der Waals surface area (Å²) in [5.41, 5.74) is 1.14.